The summed E-state index contributed by atoms with van der Waals surface area (Å²) in [6.45, 7) is 1.79. The van der Waals surface area contributed by atoms with Crippen molar-refractivity contribution in [3.63, 3.8) is 0 Å². The smallest absolute Gasteiger partial charge is 0.311 e. The Hall–Kier alpha value is -3.26. The largest absolute Gasteiger partial charge is 0.425 e. The SMILES string of the molecule is Cc1ccc(C2(C(F)(F)F)NC(=O)N(c3ccccc3)C(=Nc3ccccc3)S2)cc1. The third-order valence-corrected chi connectivity index (χ3v) is 6.11. The Kier molecular flexibility index (Phi) is 5.49. The number of rotatable bonds is 3. The predicted molar refractivity (Wildman–Crippen MR) is 117 cm³/mol. The zero-order valence-corrected chi connectivity index (χ0v) is 17.2. The summed E-state index contributed by atoms with van der Waals surface area (Å²) in [4.78, 5) is 16.0. The second kappa shape index (κ2) is 8.11. The fourth-order valence-electron chi connectivity index (χ4n) is 3.20. The molecule has 158 valence electrons. The minimum Gasteiger partial charge on any atom is -0.311 e. The Morgan fingerprint density at radius 2 is 1.48 bits per heavy atom. The van der Waals surface area contributed by atoms with E-state index in [1.54, 1.807) is 79.7 Å². The van der Waals surface area contributed by atoms with Gasteiger partial charge in [0.25, 0.3) is 0 Å². The highest BCUT2D eigenvalue weighted by Gasteiger charge is 2.62. The van der Waals surface area contributed by atoms with Gasteiger partial charge in [0.1, 0.15) is 0 Å². The van der Waals surface area contributed by atoms with Crippen LogP contribution < -0.4 is 10.2 Å². The number of alkyl halides is 3. The van der Waals surface area contributed by atoms with Crippen molar-refractivity contribution >= 4 is 34.3 Å². The number of urea groups is 1. The van der Waals surface area contributed by atoms with E-state index in [0.29, 0.717) is 23.1 Å². The standard InChI is InChI=1S/C23H18F3N3OS/c1-16-12-14-17(15-13-16)22(23(24,25)26)28-20(30)29(19-10-6-3-7-11-19)21(31-22)27-18-8-4-2-5-9-18/h2-15H,1H3,(H,28,30). The number of carbonyl (C=O) groups excluding carboxylic acids is 1. The van der Waals surface area contributed by atoms with Crippen LogP contribution in [0.4, 0.5) is 29.3 Å². The summed E-state index contributed by atoms with van der Waals surface area (Å²) in [6.07, 6.45) is -4.77. The van der Waals surface area contributed by atoms with Crippen LogP contribution in [-0.2, 0) is 4.87 Å². The van der Waals surface area contributed by atoms with Crippen LogP contribution in [0.5, 0.6) is 0 Å². The topological polar surface area (TPSA) is 44.7 Å². The number of para-hydroxylation sites is 2. The minimum atomic E-state index is -4.77. The molecule has 0 radical (unpaired) electrons. The first-order valence-corrected chi connectivity index (χ1v) is 10.3. The van der Waals surface area contributed by atoms with Crippen LogP contribution >= 0.6 is 11.8 Å². The normalized spacial score (nSPS) is 20.6. The Morgan fingerprint density at radius 3 is 2.06 bits per heavy atom. The van der Waals surface area contributed by atoms with Crippen LogP contribution in [0, 0.1) is 6.92 Å². The summed E-state index contributed by atoms with van der Waals surface area (Å²) >= 11 is 0.465. The van der Waals surface area contributed by atoms with Gasteiger partial charge in [0, 0.05) is 0 Å². The van der Waals surface area contributed by atoms with Gasteiger partial charge < -0.3 is 5.32 Å². The highest BCUT2D eigenvalue weighted by atomic mass is 32.2. The lowest BCUT2D eigenvalue weighted by Gasteiger charge is -2.43. The van der Waals surface area contributed by atoms with E-state index < -0.39 is 17.1 Å². The number of aryl methyl sites for hydroxylation is 1. The van der Waals surface area contributed by atoms with E-state index in [1.807, 2.05) is 0 Å². The maximum atomic E-state index is 14.5. The Bertz CT molecular complexity index is 1100. The van der Waals surface area contributed by atoms with E-state index in [2.05, 4.69) is 10.3 Å². The van der Waals surface area contributed by atoms with Gasteiger partial charge >= 0.3 is 12.2 Å². The number of hydrogen-bond donors (Lipinski definition) is 1. The molecular formula is C23H18F3N3OS. The lowest BCUT2D eigenvalue weighted by atomic mass is 10.0. The van der Waals surface area contributed by atoms with Crippen LogP contribution in [0.1, 0.15) is 11.1 Å². The molecule has 3 aromatic carbocycles. The predicted octanol–water partition coefficient (Wildman–Crippen LogP) is 6.36. The minimum absolute atomic E-state index is 0.0703. The number of anilines is 1. The van der Waals surface area contributed by atoms with E-state index in [0.717, 1.165) is 10.5 Å². The summed E-state index contributed by atoms with van der Waals surface area (Å²) in [6, 6.07) is 22.1. The fraction of sp³-hybridized carbons (Fsp3) is 0.130. The quantitative estimate of drug-likeness (QED) is 0.514. The van der Waals surface area contributed by atoms with E-state index in [9.17, 15) is 18.0 Å². The molecule has 1 saturated heterocycles. The molecule has 0 bridgehead atoms. The molecule has 1 atom stereocenters. The van der Waals surface area contributed by atoms with Gasteiger partial charge in [-0.1, -0.05) is 66.2 Å². The molecule has 31 heavy (non-hydrogen) atoms. The van der Waals surface area contributed by atoms with Crippen molar-refractivity contribution in [2.75, 3.05) is 4.90 Å². The summed E-state index contributed by atoms with van der Waals surface area (Å²) in [7, 11) is 0. The first kappa shape index (κ1) is 21.0. The van der Waals surface area contributed by atoms with Gasteiger partial charge in [0.15, 0.2) is 5.17 Å². The average Bonchev–Trinajstić information content (AvgIpc) is 2.74. The first-order chi connectivity index (χ1) is 14.8. The molecule has 1 heterocycles. The van der Waals surface area contributed by atoms with Crippen LogP contribution in [0.3, 0.4) is 0 Å². The summed E-state index contributed by atoms with van der Waals surface area (Å²) in [5, 5.41) is 2.14. The molecule has 0 saturated carbocycles. The number of hydrogen-bond acceptors (Lipinski definition) is 3. The molecule has 8 heteroatoms. The molecule has 3 aromatic rings. The van der Waals surface area contributed by atoms with Crippen molar-refractivity contribution in [2.45, 2.75) is 18.0 Å². The second-order valence-electron chi connectivity index (χ2n) is 6.98. The number of amides is 2. The van der Waals surface area contributed by atoms with Crippen molar-refractivity contribution in [3.8, 4) is 0 Å². The molecule has 2 amide bonds. The van der Waals surface area contributed by atoms with E-state index in [1.165, 1.54) is 12.1 Å². The maximum absolute atomic E-state index is 14.5. The number of carbonyl (C=O) groups is 1. The van der Waals surface area contributed by atoms with E-state index in [4.69, 9.17) is 0 Å². The Labute approximate surface area is 181 Å². The highest BCUT2D eigenvalue weighted by molar-refractivity contribution is 8.15. The number of amidine groups is 1. The summed E-state index contributed by atoms with van der Waals surface area (Å²) in [5.74, 6) is 0. The summed E-state index contributed by atoms with van der Waals surface area (Å²) < 4.78 is 43.5. The molecular weight excluding hydrogens is 423 g/mol. The molecule has 1 fully saturated rings. The lowest BCUT2D eigenvalue weighted by molar-refractivity contribution is -0.167. The van der Waals surface area contributed by atoms with Gasteiger partial charge in [0.2, 0.25) is 4.87 Å². The van der Waals surface area contributed by atoms with Gasteiger partial charge in [-0.05, 0) is 48.5 Å². The average molecular weight is 441 g/mol. The van der Waals surface area contributed by atoms with Crippen molar-refractivity contribution < 1.29 is 18.0 Å². The summed E-state index contributed by atoms with van der Waals surface area (Å²) in [5.41, 5.74) is 1.61. The molecule has 1 aliphatic rings. The maximum Gasteiger partial charge on any atom is 0.425 e. The van der Waals surface area contributed by atoms with Gasteiger partial charge in [-0.2, -0.15) is 13.2 Å². The van der Waals surface area contributed by atoms with Crippen LogP contribution in [-0.4, -0.2) is 17.4 Å². The Morgan fingerprint density at radius 1 is 0.903 bits per heavy atom. The number of halogens is 3. The van der Waals surface area contributed by atoms with Crippen LogP contribution in [0.25, 0.3) is 0 Å². The van der Waals surface area contributed by atoms with Gasteiger partial charge in [0.05, 0.1) is 11.4 Å². The van der Waals surface area contributed by atoms with E-state index in [-0.39, 0.29) is 10.7 Å². The Balaban J connectivity index is 1.89. The zero-order chi connectivity index (χ0) is 22.1. The third kappa shape index (κ3) is 4.03. The molecule has 0 spiro atoms. The number of benzene rings is 3. The van der Waals surface area contributed by atoms with Crippen molar-refractivity contribution in [1.82, 2.24) is 5.32 Å². The molecule has 0 aromatic heterocycles. The van der Waals surface area contributed by atoms with Crippen molar-refractivity contribution in [2.24, 2.45) is 4.99 Å². The molecule has 1 aliphatic heterocycles. The van der Waals surface area contributed by atoms with Gasteiger partial charge in [-0.25, -0.2) is 14.7 Å². The highest BCUT2D eigenvalue weighted by Crippen LogP contribution is 2.51. The van der Waals surface area contributed by atoms with Crippen molar-refractivity contribution in [3.05, 3.63) is 96.1 Å². The van der Waals surface area contributed by atoms with Crippen LogP contribution in [0.15, 0.2) is 89.9 Å². The van der Waals surface area contributed by atoms with Crippen molar-refractivity contribution in [1.29, 1.82) is 0 Å². The zero-order valence-electron chi connectivity index (χ0n) is 16.4. The number of thioether (sulfide) groups is 1. The van der Waals surface area contributed by atoms with E-state index >= 15 is 0 Å². The molecule has 4 rings (SSSR count). The van der Waals surface area contributed by atoms with Gasteiger partial charge in [-0.15, -0.1) is 0 Å². The fourth-order valence-corrected chi connectivity index (χ4v) is 4.42. The second-order valence-corrected chi connectivity index (χ2v) is 8.16. The third-order valence-electron chi connectivity index (χ3n) is 4.77. The number of nitrogens with one attached hydrogen (secondary N) is 1. The molecule has 4 nitrogen and oxygen atoms in total. The first-order valence-electron chi connectivity index (χ1n) is 9.44. The van der Waals surface area contributed by atoms with Crippen LogP contribution in [0.2, 0.25) is 0 Å². The molecule has 0 aliphatic carbocycles. The molecule has 1 N–H and O–H groups in total. The number of nitrogens with zero attached hydrogens (tertiary/aromatic N) is 2. The lowest BCUT2D eigenvalue weighted by Crippen LogP contribution is -2.63. The molecule has 1 unspecified atom stereocenters. The van der Waals surface area contributed by atoms with Gasteiger partial charge in [-0.3, -0.25) is 0 Å². The monoisotopic (exact) mass is 441 g/mol. The number of aliphatic imine (C=N–C) groups is 1.